The second kappa shape index (κ2) is 10.5. The molecule has 2 atom stereocenters. The maximum Gasteiger partial charge on any atom is 0.143 e. The summed E-state index contributed by atoms with van der Waals surface area (Å²) in [6, 6.07) is 14.9. The summed E-state index contributed by atoms with van der Waals surface area (Å²) in [5, 5.41) is 0.457. The van der Waals surface area contributed by atoms with Crippen molar-refractivity contribution in [1.82, 2.24) is 14.6 Å². The van der Waals surface area contributed by atoms with Crippen molar-refractivity contribution in [1.29, 1.82) is 0 Å². The number of nitrogens with zero attached hydrogens (tertiary/aromatic N) is 2. The number of halogens is 1. The molecule has 1 aromatic heterocycles. The van der Waals surface area contributed by atoms with Crippen molar-refractivity contribution in [3.05, 3.63) is 81.6 Å². The Morgan fingerprint density at radius 2 is 1.85 bits per heavy atom. The first-order chi connectivity index (χ1) is 19.0. The number of hydrogen-bond acceptors (Lipinski definition) is 7. The highest BCUT2D eigenvalue weighted by molar-refractivity contribution is 7.99. The zero-order chi connectivity index (χ0) is 28.2. The molecule has 1 saturated heterocycles. The third-order valence-electron chi connectivity index (χ3n) is 8.53. The van der Waals surface area contributed by atoms with Crippen LogP contribution in [0.4, 0.5) is 11.5 Å². The predicted octanol–water partition coefficient (Wildman–Crippen LogP) is 6.38. The molecule has 1 unspecified atom stereocenters. The molecule has 3 aromatic rings. The summed E-state index contributed by atoms with van der Waals surface area (Å²) in [5.41, 5.74) is 19.7. The Morgan fingerprint density at radius 3 is 2.60 bits per heavy atom. The molecule has 210 valence electrons. The summed E-state index contributed by atoms with van der Waals surface area (Å²) >= 11 is 6.78. The van der Waals surface area contributed by atoms with Crippen LogP contribution in [0.3, 0.4) is 0 Å². The van der Waals surface area contributed by atoms with E-state index in [-0.39, 0.29) is 16.2 Å². The van der Waals surface area contributed by atoms with Gasteiger partial charge in [-0.05, 0) is 86.6 Å². The number of hydrogen-bond donors (Lipinski definition) is 3. The van der Waals surface area contributed by atoms with E-state index in [4.69, 9.17) is 23.1 Å². The number of aromatic nitrogens is 1. The van der Waals surface area contributed by atoms with Gasteiger partial charge in [-0.1, -0.05) is 47.6 Å². The van der Waals surface area contributed by atoms with Crippen LogP contribution >= 0.6 is 23.4 Å². The molecule has 0 saturated carbocycles. The molecule has 6 rings (SSSR count). The van der Waals surface area contributed by atoms with E-state index in [9.17, 15) is 4.55 Å². The lowest BCUT2D eigenvalue weighted by Crippen LogP contribution is -2.49. The first-order valence-electron chi connectivity index (χ1n) is 13.8. The van der Waals surface area contributed by atoms with Crippen molar-refractivity contribution < 1.29 is 4.55 Å². The molecule has 1 aliphatic heterocycles. The lowest BCUT2D eigenvalue weighted by atomic mass is 9.73. The number of nitrogen functional groups attached to an aromatic ring is 2. The number of likely N-dealkylation sites (tertiary alicyclic amines) is 1. The molecule has 2 aromatic carbocycles. The van der Waals surface area contributed by atoms with Crippen molar-refractivity contribution in [2.24, 2.45) is 5.41 Å². The molecule has 6 nitrogen and oxygen atoms in total. The Labute approximate surface area is 249 Å². The molecule has 0 amide bonds. The maximum atomic E-state index is 13.2. The SMILES string of the molecule is CC(C)(C)[S+]([O-])N[C@@H]1c2ccccc2CC12CCN(C1=Cc3cc(Sc4ccnc(N)c4Cl)c(N)cc3C1)CC2. The van der Waals surface area contributed by atoms with Gasteiger partial charge in [-0.25, -0.2) is 4.98 Å². The standard InChI is InChI=1S/C31H36ClN5OS2/c1-30(2,3)40(38)36-28-23-7-5-4-6-19(23)18-31(28)9-12-37(13-10-31)22-14-20-16-24(33)26(17-21(20)15-22)39-25-8-11-35-29(34)27(25)32/h4-8,11,15-17,28,36H,9-10,12-14,18,33H2,1-3H3,(H2,34,35)/t28-,40?/m1/s1. The summed E-state index contributed by atoms with van der Waals surface area (Å²) in [4.78, 5) is 8.40. The minimum Gasteiger partial charge on any atom is -0.598 e. The number of fused-ring (bicyclic) bond motifs is 2. The molecular formula is C31H36ClN5OS2. The van der Waals surface area contributed by atoms with Crippen molar-refractivity contribution in [3.8, 4) is 0 Å². The zero-order valence-corrected chi connectivity index (χ0v) is 25.6. The molecule has 0 bridgehead atoms. The molecule has 9 heteroatoms. The summed E-state index contributed by atoms with van der Waals surface area (Å²) in [6.45, 7) is 8.07. The van der Waals surface area contributed by atoms with Crippen LogP contribution in [-0.4, -0.2) is 32.3 Å². The summed E-state index contributed by atoms with van der Waals surface area (Å²) in [6.07, 6.45) is 8.01. The van der Waals surface area contributed by atoms with Gasteiger partial charge in [0.05, 0.1) is 11.1 Å². The molecular weight excluding hydrogens is 558 g/mol. The summed E-state index contributed by atoms with van der Waals surface area (Å²) in [7, 11) is 0. The molecule has 1 spiro atoms. The van der Waals surface area contributed by atoms with Crippen LogP contribution < -0.4 is 16.2 Å². The topological polar surface area (TPSA) is 103 Å². The van der Waals surface area contributed by atoms with Gasteiger partial charge in [0.1, 0.15) is 10.6 Å². The van der Waals surface area contributed by atoms with E-state index in [0.717, 1.165) is 54.3 Å². The first kappa shape index (κ1) is 27.8. The van der Waals surface area contributed by atoms with E-state index in [1.165, 1.54) is 39.7 Å². The molecule has 1 fully saturated rings. The normalized spacial score (nSPS) is 20.4. The number of nitrogens with one attached hydrogen (secondary N) is 1. The Balaban J connectivity index is 1.19. The van der Waals surface area contributed by atoms with Crippen molar-refractivity contribution in [2.45, 2.75) is 67.0 Å². The van der Waals surface area contributed by atoms with Gasteiger partial charge in [0.25, 0.3) is 0 Å². The van der Waals surface area contributed by atoms with E-state index in [1.54, 1.807) is 6.20 Å². The smallest absolute Gasteiger partial charge is 0.143 e. The quantitative estimate of drug-likeness (QED) is 0.233. The largest absolute Gasteiger partial charge is 0.598 e. The van der Waals surface area contributed by atoms with E-state index < -0.39 is 11.4 Å². The molecule has 2 heterocycles. The predicted molar refractivity (Wildman–Crippen MR) is 167 cm³/mol. The average Bonchev–Trinajstić information content (AvgIpc) is 3.45. The first-order valence-corrected chi connectivity index (χ1v) is 16.1. The van der Waals surface area contributed by atoms with Crippen molar-refractivity contribution in [2.75, 3.05) is 24.6 Å². The van der Waals surface area contributed by atoms with Gasteiger partial charge >= 0.3 is 0 Å². The molecule has 40 heavy (non-hydrogen) atoms. The van der Waals surface area contributed by atoms with Gasteiger partial charge < -0.3 is 20.9 Å². The average molecular weight is 594 g/mol. The van der Waals surface area contributed by atoms with E-state index in [1.807, 2.05) is 26.8 Å². The number of anilines is 2. The van der Waals surface area contributed by atoms with Crippen LogP contribution in [0.1, 0.15) is 61.9 Å². The van der Waals surface area contributed by atoms with E-state index >= 15 is 0 Å². The fraction of sp³-hybridized carbons (Fsp3) is 0.387. The van der Waals surface area contributed by atoms with E-state index in [2.05, 4.69) is 57.1 Å². The Hall–Kier alpha value is -2.36. The van der Waals surface area contributed by atoms with Crippen LogP contribution in [0.5, 0.6) is 0 Å². The monoisotopic (exact) mass is 593 g/mol. The number of benzene rings is 2. The Kier molecular flexibility index (Phi) is 7.28. The lowest BCUT2D eigenvalue weighted by molar-refractivity contribution is 0.103. The van der Waals surface area contributed by atoms with Gasteiger partial charge in [-0.15, -0.1) is 4.72 Å². The van der Waals surface area contributed by atoms with Gasteiger partial charge in [-0.3, -0.25) is 0 Å². The molecule has 3 aliphatic rings. The van der Waals surface area contributed by atoms with Crippen LogP contribution in [0.25, 0.3) is 6.08 Å². The second-order valence-corrected chi connectivity index (χ2v) is 15.6. The van der Waals surface area contributed by atoms with Crippen LogP contribution in [0.2, 0.25) is 5.02 Å². The van der Waals surface area contributed by atoms with Crippen molar-refractivity contribution in [3.63, 3.8) is 0 Å². The highest BCUT2D eigenvalue weighted by atomic mass is 35.5. The zero-order valence-electron chi connectivity index (χ0n) is 23.2. The second-order valence-electron chi connectivity index (χ2n) is 12.2. The highest BCUT2D eigenvalue weighted by Crippen LogP contribution is 2.53. The number of pyridine rings is 1. The lowest BCUT2D eigenvalue weighted by Gasteiger charge is -2.45. The fourth-order valence-electron chi connectivity index (χ4n) is 6.27. The number of nitrogens with two attached hydrogens (primary N) is 2. The minimum absolute atomic E-state index is 0.0764. The van der Waals surface area contributed by atoms with Gasteiger partial charge in [-0.2, -0.15) is 0 Å². The van der Waals surface area contributed by atoms with Gasteiger partial charge in [0.15, 0.2) is 0 Å². The van der Waals surface area contributed by atoms with Crippen LogP contribution in [0, 0.1) is 5.41 Å². The number of rotatable bonds is 5. The summed E-state index contributed by atoms with van der Waals surface area (Å²) < 4.78 is 16.5. The van der Waals surface area contributed by atoms with E-state index in [0.29, 0.717) is 10.8 Å². The number of allylic oxidation sites excluding steroid dienone is 1. The number of piperidine rings is 1. The van der Waals surface area contributed by atoms with Gasteiger partial charge in [0, 0.05) is 63.7 Å². The fourth-order valence-corrected chi connectivity index (χ4v) is 8.36. The highest BCUT2D eigenvalue weighted by Gasteiger charge is 2.50. The molecule has 0 radical (unpaired) electrons. The molecule has 5 N–H and O–H groups in total. The maximum absolute atomic E-state index is 13.2. The summed E-state index contributed by atoms with van der Waals surface area (Å²) in [5.74, 6) is 0.323. The van der Waals surface area contributed by atoms with Gasteiger partial charge in [0.2, 0.25) is 0 Å². The Bertz CT molecular complexity index is 1480. The minimum atomic E-state index is -1.13. The van der Waals surface area contributed by atoms with Crippen LogP contribution in [0.15, 0.2) is 64.1 Å². The molecule has 2 aliphatic carbocycles. The third kappa shape index (κ3) is 5.09. The van der Waals surface area contributed by atoms with Crippen LogP contribution in [-0.2, 0) is 24.2 Å². The third-order valence-corrected chi connectivity index (χ3v) is 11.7. The van der Waals surface area contributed by atoms with Crippen molar-refractivity contribution >= 4 is 52.3 Å². The Morgan fingerprint density at radius 1 is 1.10 bits per heavy atom.